The van der Waals surface area contributed by atoms with Crippen LogP contribution in [0.5, 0.6) is 0 Å². The van der Waals surface area contributed by atoms with Crippen LogP contribution < -0.4 is 0 Å². The van der Waals surface area contributed by atoms with E-state index in [1.165, 1.54) is 86.0 Å². The van der Waals surface area contributed by atoms with Gasteiger partial charge in [0.25, 0.3) is 0 Å². The molecule has 0 radical (unpaired) electrons. The van der Waals surface area contributed by atoms with Crippen LogP contribution >= 0.6 is 11.3 Å². The average Bonchev–Trinajstić information content (AvgIpc) is 3.75. The van der Waals surface area contributed by atoms with Gasteiger partial charge < -0.3 is 13.6 Å². The molecule has 0 N–H and O–H groups in total. The van der Waals surface area contributed by atoms with E-state index in [1.807, 2.05) is 11.3 Å². The summed E-state index contributed by atoms with van der Waals surface area (Å²) < 4.78 is 14.0. The zero-order chi connectivity index (χ0) is 53.8. The van der Waals surface area contributed by atoms with Gasteiger partial charge in [-0.15, -0.1) is 11.3 Å². The molecule has 17 aromatic rings. The van der Waals surface area contributed by atoms with Crippen LogP contribution in [0, 0.1) is 0 Å². The van der Waals surface area contributed by atoms with Gasteiger partial charge in [0.2, 0.25) is 0 Å². The lowest BCUT2D eigenvalue weighted by Crippen LogP contribution is -1.94. The van der Waals surface area contributed by atoms with E-state index in [4.69, 9.17) is 14.4 Å². The van der Waals surface area contributed by atoms with Crippen molar-refractivity contribution in [3.8, 4) is 78.3 Å². The second-order valence-electron chi connectivity index (χ2n) is 21.3. The fourth-order valence-electron chi connectivity index (χ4n) is 12.7. The van der Waals surface area contributed by atoms with Gasteiger partial charge >= 0.3 is 0 Å². The Bertz CT molecular complexity index is 5390. The molecule has 82 heavy (non-hydrogen) atoms. The molecule has 0 bridgehead atoms. The van der Waals surface area contributed by atoms with E-state index in [2.05, 4.69) is 282 Å². The van der Waals surface area contributed by atoms with Crippen molar-refractivity contribution >= 4 is 97.2 Å². The number of rotatable bonds is 8. The zero-order valence-electron chi connectivity index (χ0n) is 44.2. The molecule has 17 rings (SSSR count). The molecular weight excluding hydrogens is 1020 g/mol. The fourth-order valence-corrected chi connectivity index (χ4v) is 14.0. The maximum absolute atomic E-state index is 6.62. The number of nitrogens with zero attached hydrogens (tertiary/aromatic N) is 4. The van der Waals surface area contributed by atoms with Crippen molar-refractivity contribution in [2.24, 2.45) is 0 Å². The number of thiophene rings is 1. The van der Waals surface area contributed by atoms with Gasteiger partial charge in [-0.2, -0.15) is 0 Å². The van der Waals surface area contributed by atoms with Crippen LogP contribution in [0.2, 0.25) is 0 Å². The quantitative estimate of drug-likeness (QED) is 0.152. The summed E-state index contributed by atoms with van der Waals surface area (Å²) in [7, 11) is 0. The molecule has 382 valence electrons. The number of furan rings is 1. The normalized spacial score (nSPS) is 11.9. The Balaban J connectivity index is 0.659. The fraction of sp³-hybridized carbons (Fsp3) is 0. The van der Waals surface area contributed by atoms with Gasteiger partial charge in [0.15, 0.2) is 5.58 Å². The van der Waals surface area contributed by atoms with E-state index in [9.17, 15) is 0 Å². The molecule has 0 fully saturated rings. The van der Waals surface area contributed by atoms with Gasteiger partial charge in [0.05, 0.1) is 22.1 Å². The summed E-state index contributed by atoms with van der Waals surface area (Å²) in [5.74, 6) is 0. The molecule has 6 heteroatoms. The second-order valence-corrected chi connectivity index (χ2v) is 22.3. The Labute approximate surface area is 475 Å². The van der Waals surface area contributed by atoms with Gasteiger partial charge in [-0.25, -0.2) is 9.97 Å². The van der Waals surface area contributed by atoms with Crippen LogP contribution in [0.3, 0.4) is 0 Å². The molecule has 0 saturated heterocycles. The van der Waals surface area contributed by atoms with Crippen LogP contribution in [0.1, 0.15) is 0 Å². The predicted octanol–water partition coefficient (Wildman–Crippen LogP) is 20.9. The number of para-hydroxylation sites is 3. The third kappa shape index (κ3) is 7.39. The molecular formula is C76H46N4OS. The Morgan fingerprint density at radius 1 is 0.305 bits per heavy atom. The Kier molecular flexibility index (Phi) is 10.4. The van der Waals surface area contributed by atoms with Crippen LogP contribution in [-0.4, -0.2) is 19.1 Å². The molecule has 5 aromatic heterocycles. The van der Waals surface area contributed by atoms with Crippen molar-refractivity contribution in [2.75, 3.05) is 0 Å². The smallest absolute Gasteiger partial charge is 0.180 e. The highest BCUT2D eigenvalue weighted by molar-refractivity contribution is 7.26. The summed E-state index contributed by atoms with van der Waals surface area (Å²) in [6.07, 6.45) is 1.66. The minimum atomic E-state index is 0.679. The van der Waals surface area contributed by atoms with Crippen molar-refractivity contribution in [3.05, 3.63) is 279 Å². The lowest BCUT2D eigenvalue weighted by atomic mass is 9.97. The van der Waals surface area contributed by atoms with Crippen LogP contribution in [-0.2, 0) is 0 Å². The van der Waals surface area contributed by atoms with Gasteiger partial charge in [-0.05, 0) is 141 Å². The Hall–Kier alpha value is -10.7. The number of fused-ring (bicyclic) bond motifs is 12. The van der Waals surface area contributed by atoms with Crippen molar-refractivity contribution in [3.63, 3.8) is 0 Å². The number of hydrogen-bond donors (Lipinski definition) is 0. The highest BCUT2D eigenvalue weighted by atomic mass is 32.1. The summed E-state index contributed by atoms with van der Waals surface area (Å²) in [6, 6.07) is 99.0. The van der Waals surface area contributed by atoms with E-state index < -0.39 is 0 Å². The van der Waals surface area contributed by atoms with E-state index in [1.54, 1.807) is 6.33 Å². The number of aromatic nitrogens is 4. The molecule has 12 aromatic carbocycles. The largest absolute Gasteiger partial charge is 0.452 e. The third-order valence-electron chi connectivity index (χ3n) is 16.7. The molecule has 0 atom stereocenters. The first-order valence-electron chi connectivity index (χ1n) is 27.8. The highest BCUT2D eigenvalue weighted by Crippen LogP contribution is 2.43. The molecule has 0 spiro atoms. The van der Waals surface area contributed by atoms with Crippen molar-refractivity contribution in [1.29, 1.82) is 0 Å². The topological polar surface area (TPSA) is 48.8 Å². The van der Waals surface area contributed by atoms with E-state index in [0.717, 1.165) is 72.5 Å². The molecule has 5 nitrogen and oxygen atoms in total. The van der Waals surface area contributed by atoms with Gasteiger partial charge in [0.1, 0.15) is 23.1 Å². The summed E-state index contributed by atoms with van der Waals surface area (Å²) in [4.78, 5) is 9.64. The Morgan fingerprint density at radius 3 is 1.61 bits per heavy atom. The molecule has 0 unspecified atom stereocenters. The van der Waals surface area contributed by atoms with Crippen molar-refractivity contribution in [1.82, 2.24) is 19.1 Å². The summed E-state index contributed by atoms with van der Waals surface area (Å²) in [5, 5.41) is 8.53. The first kappa shape index (κ1) is 46.3. The molecule has 0 saturated carbocycles. The van der Waals surface area contributed by atoms with Gasteiger partial charge in [0, 0.05) is 64.0 Å². The highest BCUT2D eigenvalue weighted by Gasteiger charge is 2.20. The monoisotopic (exact) mass is 1060 g/mol. The van der Waals surface area contributed by atoms with E-state index >= 15 is 0 Å². The van der Waals surface area contributed by atoms with Gasteiger partial charge in [-0.3, -0.25) is 0 Å². The number of hydrogen-bond acceptors (Lipinski definition) is 4. The summed E-state index contributed by atoms with van der Waals surface area (Å²) >= 11 is 1.86. The molecule has 0 aliphatic carbocycles. The summed E-state index contributed by atoms with van der Waals surface area (Å²) in [6.45, 7) is 0. The lowest BCUT2D eigenvalue weighted by Gasteiger charge is -2.11. The standard InChI is InChI=1S/C76H46N4OS/c1-2-17-57(18-3-1)79-68-25-8-5-20-61(68)65-43-52(34-39-69(65)79)54-33-38-62-60-19-4-7-24-67(60)80(70(62)45-54)58-36-31-48(32-37-58)47-27-29-49(30-28-47)50-13-11-16-56(42-50)73-75-74(78-46-77-73)66-44-53(35-40-71(66)81-75)51-14-10-15-55(41-51)59-22-12-23-64-63-21-6-9-26-72(63)82-76(59)64/h1-46H. The third-order valence-corrected chi connectivity index (χ3v) is 17.9. The van der Waals surface area contributed by atoms with Gasteiger partial charge in [-0.1, -0.05) is 188 Å². The SMILES string of the molecule is c1ccc(-n2c3ccccc3c3cc(-c4ccc5c6ccccc6n(-c6ccc(-c7ccc(-c8cccc(-c9ncnc%10c9oc9ccc(-c%11cccc(-c%12cccc%13c%12sc%12ccccc%12%13)c%11)cc9%10)c8)cc7)cc6)c5c4)ccc32)cc1. The first-order valence-corrected chi connectivity index (χ1v) is 28.6. The van der Waals surface area contributed by atoms with Crippen LogP contribution in [0.25, 0.3) is 164 Å². The second kappa shape index (κ2) is 18.5. The van der Waals surface area contributed by atoms with E-state index in [0.29, 0.717) is 5.58 Å². The minimum absolute atomic E-state index is 0.679. The lowest BCUT2D eigenvalue weighted by molar-refractivity contribution is 0.667. The average molecular weight is 1060 g/mol. The maximum atomic E-state index is 6.62. The summed E-state index contributed by atoms with van der Waals surface area (Å²) in [5.41, 5.74) is 22.6. The van der Waals surface area contributed by atoms with Crippen LogP contribution in [0.15, 0.2) is 284 Å². The minimum Gasteiger partial charge on any atom is -0.452 e. The zero-order valence-corrected chi connectivity index (χ0v) is 45.0. The van der Waals surface area contributed by atoms with Crippen molar-refractivity contribution < 1.29 is 4.42 Å². The molecule has 0 amide bonds. The Morgan fingerprint density at radius 2 is 0.817 bits per heavy atom. The number of benzene rings is 12. The van der Waals surface area contributed by atoms with Crippen molar-refractivity contribution in [2.45, 2.75) is 0 Å². The van der Waals surface area contributed by atoms with Crippen LogP contribution in [0.4, 0.5) is 0 Å². The molecule has 0 aliphatic rings. The maximum Gasteiger partial charge on any atom is 0.180 e. The molecule has 0 aliphatic heterocycles. The predicted molar refractivity (Wildman–Crippen MR) is 343 cm³/mol. The van der Waals surface area contributed by atoms with E-state index in [-0.39, 0.29) is 0 Å². The first-order chi connectivity index (χ1) is 40.6. The molecule has 5 heterocycles.